The van der Waals surface area contributed by atoms with Crippen LogP contribution >= 0.6 is 11.6 Å². The standard InChI is InChI=1S/C18H18ClNO2/c19-16-9-7-15(8-10-16)18(11-4-12-18)17(21)20-22-13-14-5-2-1-3-6-14/h1-3,5-10H,4,11-13H2,(H,20,21). The van der Waals surface area contributed by atoms with Crippen LogP contribution in [0.25, 0.3) is 0 Å². The molecule has 0 heterocycles. The zero-order chi connectivity index (χ0) is 15.4. The van der Waals surface area contributed by atoms with E-state index in [1.54, 1.807) is 0 Å². The fraction of sp³-hybridized carbons (Fsp3) is 0.278. The summed E-state index contributed by atoms with van der Waals surface area (Å²) in [7, 11) is 0. The van der Waals surface area contributed by atoms with Crippen LogP contribution in [0, 0.1) is 0 Å². The Balaban J connectivity index is 1.63. The van der Waals surface area contributed by atoms with E-state index in [-0.39, 0.29) is 5.91 Å². The number of rotatable bonds is 5. The smallest absolute Gasteiger partial charge is 0.254 e. The summed E-state index contributed by atoms with van der Waals surface area (Å²) in [5.41, 5.74) is 4.17. The lowest BCUT2D eigenvalue weighted by atomic mass is 9.64. The maximum atomic E-state index is 12.6. The highest BCUT2D eigenvalue weighted by Gasteiger charge is 2.45. The molecule has 22 heavy (non-hydrogen) atoms. The average Bonchev–Trinajstić information content (AvgIpc) is 2.49. The molecule has 0 saturated heterocycles. The highest BCUT2D eigenvalue weighted by molar-refractivity contribution is 6.30. The van der Waals surface area contributed by atoms with E-state index in [4.69, 9.17) is 16.4 Å². The van der Waals surface area contributed by atoms with Crippen LogP contribution in [-0.4, -0.2) is 5.91 Å². The van der Waals surface area contributed by atoms with Crippen LogP contribution in [0.4, 0.5) is 0 Å². The predicted molar refractivity (Wildman–Crippen MR) is 86.4 cm³/mol. The molecule has 0 unspecified atom stereocenters. The number of hydroxylamine groups is 1. The summed E-state index contributed by atoms with van der Waals surface area (Å²) in [5.74, 6) is -0.0722. The van der Waals surface area contributed by atoms with Gasteiger partial charge >= 0.3 is 0 Å². The first-order valence-electron chi connectivity index (χ1n) is 7.43. The first kappa shape index (κ1) is 15.1. The van der Waals surface area contributed by atoms with E-state index in [1.165, 1.54) is 0 Å². The van der Waals surface area contributed by atoms with Crippen molar-refractivity contribution < 1.29 is 9.63 Å². The Bertz CT molecular complexity index is 636. The Morgan fingerprint density at radius 3 is 2.36 bits per heavy atom. The molecule has 0 aliphatic heterocycles. The van der Waals surface area contributed by atoms with Crippen molar-refractivity contribution in [2.75, 3.05) is 0 Å². The summed E-state index contributed by atoms with van der Waals surface area (Å²) in [6.07, 6.45) is 2.74. The Morgan fingerprint density at radius 1 is 1.09 bits per heavy atom. The van der Waals surface area contributed by atoms with Gasteiger partial charge < -0.3 is 0 Å². The van der Waals surface area contributed by atoms with E-state index in [0.29, 0.717) is 11.6 Å². The summed E-state index contributed by atoms with van der Waals surface area (Å²) in [6.45, 7) is 0.364. The number of benzene rings is 2. The normalized spacial score (nSPS) is 15.9. The third-order valence-corrected chi connectivity index (χ3v) is 4.54. The van der Waals surface area contributed by atoms with Gasteiger partial charge in [0.05, 0.1) is 12.0 Å². The van der Waals surface area contributed by atoms with E-state index in [2.05, 4.69) is 5.48 Å². The topological polar surface area (TPSA) is 38.3 Å². The highest BCUT2D eigenvalue weighted by Crippen LogP contribution is 2.44. The Labute approximate surface area is 135 Å². The van der Waals surface area contributed by atoms with Gasteiger partial charge in [-0.25, -0.2) is 5.48 Å². The maximum Gasteiger partial charge on any atom is 0.254 e. The van der Waals surface area contributed by atoms with Crippen LogP contribution in [0.2, 0.25) is 5.02 Å². The molecule has 1 saturated carbocycles. The third kappa shape index (κ3) is 3.01. The zero-order valence-electron chi connectivity index (χ0n) is 12.2. The lowest BCUT2D eigenvalue weighted by Gasteiger charge is -2.40. The highest BCUT2D eigenvalue weighted by atomic mass is 35.5. The summed E-state index contributed by atoms with van der Waals surface area (Å²) in [6, 6.07) is 17.3. The molecule has 0 spiro atoms. The molecular weight excluding hydrogens is 298 g/mol. The minimum atomic E-state index is -0.471. The van der Waals surface area contributed by atoms with Gasteiger partial charge in [0, 0.05) is 5.02 Å². The molecule has 1 N–H and O–H groups in total. The van der Waals surface area contributed by atoms with Gasteiger partial charge in [-0.05, 0) is 36.1 Å². The fourth-order valence-corrected chi connectivity index (χ4v) is 2.93. The summed E-state index contributed by atoms with van der Waals surface area (Å²) in [4.78, 5) is 17.9. The minimum Gasteiger partial charge on any atom is -0.272 e. The lowest BCUT2D eigenvalue weighted by Crippen LogP contribution is -2.49. The van der Waals surface area contributed by atoms with Gasteiger partial charge in [-0.15, -0.1) is 0 Å². The van der Waals surface area contributed by atoms with E-state index >= 15 is 0 Å². The average molecular weight is 316 g/mol. The molecule has 1 fully saturated rings. The molecule has 114 valence electrons. The van der Waals surface area contributed by atoms with Crippen LogP contribution in [0.5, 0.6) is 0 Å². The van der Waals surface area contributed by atoms with Gasteiger partial charge in [0.1, 0.15) is 0 Å². The van der Waals surface area contributed by atoms with E-state index in [1.807, 2.05) is 54.6 Å². The Kier molecular flexibility index (Phi) is 4.46. The van der Waals surface area contributed by atoms with Gasteiger partial charge in [-0.3, -0.25) is 9.63 Å². The summed E-state index contributed by atoms with van der Waals surface area (Å²) >= 11 is 5.93. The van der Waals surface area contributed by atoms with Gasteiger partial charge in [0.2, 0.25) is 0 Å². The number of amides is 1. The first-order chi connectivity index (χ1) is 10.7. The molecule has 2 aromatic rings. The molecule has 0 aromatic heterocycles. The largest absolute Gasteiger partial charge is 0.272 e. The molecule has 0 atom stereocenters. The summed E-state index contributed by atoms with van der Waals surface area (Å²) < 4.78 is 0. The van der Waals surface area contributed by atoms with Crippen molar-refractivity contribution in [3.8, 4) is 0 Å². The van der Waals surface area contributed by atoms with Crippen molar-refractivity contribution in [3.05, 3.63) is 70.7 Å². The number of halogens is 1. The molecule has 0 bridgehead atoms. The monoisotopic (exact) mass is 315 g/mol. The maximum absolute atomic E-state index is 12.6. The van der Waals surface area contributed by atoms with E-state index in [9.17, 15) is 4.79 Å². The number of hydrogen-bond donors (Lipinski definition) is 1. The predicted octanol–water partition coefficient (Wildman–Crippen LogP) is 4.01. The van der Waals surface area contributed by atoms with E-state index < -0.39 is 5.41 Å². The fourth-order valence-electron chi connectivity index (χ4n) is 2.80. The second-order valence-electron chi connectivity index (χ2n) is 5.65. The molecule has 3 nitrogen and oxygen atoms in total. The van der Waals surface area contributed by atoms with Crippen molar-refractivity contribution in [1.82, 2.24) is 5.48 Å². The second kappa shape index (κ2) is 6.51. The number of hydrogen-bond acceptors (Lipinski definition) is 2. The number of carbonyl (C=O) groups excluding carboxylic acids is 1. The lowest BCUT2D eigenvalue weighted by molar-refractivity contribution is -0.144. The van der Waals surface area contributed by atoms with Gasteiger partial charge in [0.25, 0.3) is 5.91 Å². The molecule has 2 aromatic carbocycles. The summed E-state index contributed by atoms with van der Waals surface area (Å²) in [5, 5.41) is 0.680. The van der Waals surface area contributed by atoms with Crippen molar-refractivity contribution in [1.29, 1.82) is 0 Å². The zero-order valence-corrected chi connectivity index (χ0v) is 13.0. The van der Waals surface area contributed by atoms with Crippen molar-refractivity contribution in [3.63, 3.8) is 0 Å². The Hall–Kier alpha value is -1.84. The van der Waals surface area contributed by atoms with Gasteiger partial charge in [-0.2, -0.15) is 0 Å². The number of carbonyl (C=O) groups is 1. The van der Waals surface area contributed by atoms with Crippen LogP contribution in [-0.2, 0) is 21.7 Å². The van der Waals surface area contributed by atoms with Gasteiger partial charge in [-0.1, -0.05) is 60.5 Å². The van der Waals surface area contributed by atoms with Crippen LogP contribution < -0.4 is 5.48 Å². The van der Waals surface area contributed by atoms with Crippen LogP contribution in [0.1, 0.15) is 30.4 Å². The van der Waals surface area contributed by atoms with Crippen LogP contribution in [0.15, 0.2) is 54.6 Å². The quantitative estimate of drug-likeness (QED) is 0.847. The SMILES string of the molecule is O=C(NOCc1ccccc1)C1(c2ccc(Cl)cc2)CCC1. The van der Waals surface area contributed by atoms with Crippen molar-refractivity contribution in [2.24, 2.45) is 0 Å². The number of nitrogens with one attached hydrogen (secondary N) is 1. The molecule has 4 heteroatoms. The van der Waals surface area contributed by atoms with Crippen molar-refractivity contribution >= 4 is 17.5 Å². The van der Waals surface area contributed by atoms with Gasteiger partial charge in [0.15, 0.2) is 0 Å². The van der Waals surface area contributed by atoms with E-state index in [0.717, 1.165) is 30.4 Å². The molecular formula is C18H18ClNO2. The second-order valence-corrected chi connectivity index (χ2v) is 6.08. The molecule has 1 aliphatic rings. The minimum absolute atomic E-state index is 0.0722. The molecule has 0 radical (unpaired) electrons. The Morgan fingerprint density at radius 2 is 1.77 bits per heavy atom. The molecule has 1 aliphatic carbocycles. The van der Waals surface area contributed by atoms with Crippen LogP contribution in [0.3, 0.4) is 0 Å². The molecule has 1 amide bonds. The first-order valence-corrected chi connectivity index (χ1v) is 7.81. The van der Waals surface area contributed by atoms with Crippen molar-refractivity contribution in [2.45, 2.75) is 31.3 Å². The molecule has 3 rings (SSSR count). The third-order valence-electron chi connectivity index (χ3n) is 4.29.